The van der Waals surface area contributed by atoms with Crippen LogP contribution < -0.4 is 9.47 Å². The maximum absolute atomic E-state index is 12.7. The predicted octanol–water partition coefficient (Wildman–Crippen LogP) is 3.03. The Bertz CT molecular complexity index is 1040. The summed E-state index contributed by atoms with van der Waals surface area (Å²) in [5.41, 5.74) is 1.78. The number of hydrogen-bond acceptors (Lipinski definition) is 7. The van der Waals surface area contributed by atoms with Crippen LogP contribution in [-0.2, 0) is 17.8 Å². The van der Waals surface area contributed by atoms with Crippen molar-refractivity contribution in [2.45, 2.75) is 19.9 Å². The van der Waals surface area contributed by atoms with Crippen LogP contribution in [0.25, 0.3) is 11.4 Å². The second-order valence-corrected chi connectivity index (χ2v) is 7.63. The van der Waals surface area contributed by atoms with E-state index >= 15 is 0 Å². The molecule has 0 atom stereocenters. The molecule has 0 radical (unpaired) electrons. The van der Waals surface area contributed by atoms with E-state index in [-0.39, 0.29) is 5.91 Å². The van der Waals surface area contributed by atoms with E-state index in [0.717, 1.165) is 35.7 Å². The molecule has 1 amide bonds. The van der Waals surface area contributed by atoms with Crippen molar-refractivity contribution in [1.29, 1.82) is 0 Å². The second-order valence-electron chi connectivity index (χ2n) is 7.63. The number of benzene rings is 2. The van der Waals surface area contributed by atoms with Gasteiger partial charge >= 0.3 is 0 Å². The average Bonchev–Trinajstić information content (AvgIpc) is 3.28. The molecule has 0 unspecified atom stereocenters. The number of carbonyl (C=O) groups is 1. The summed E-state index contributed by atoms with van der Waals surface area (Å²) >= 11 is 0. The fraction of sp³-hybridized carbons (Fsp3) is 0.375. The summed E-state index contributed by atoms with van der Waals surface area (Å²) < 4.78 is 16.4. The summed E-state index contributed by atoms with van der Waals surface area (Å²) in [7, 11) is 1.63. The topological polar surface area (TPSA) is 80.9 Å². The first-order valence-electron chi connectivity index (χ1n) is 10.8. The van der Waals surface area contributed by atoms with Gasteiger partial charge in [0.15, 0.2) is 0 Å². The number of hydrogen-bond donors (Lipinski definition) is 0. The minimum atomic E-state index is 0.130. The van der Waals surface area contributed by atoms with E-state index in [1.807, 2.05) is 60.4 Å². The summed E-state index contributed by atoms with van der Waals surface area (Å²) in [6.07, 6.45) is 0.378. The summed E-state index contributed by atoms with van der Waals surface area (Å²) in [5.74, 6) is 2.72. The minimum Gasteiger partial charge on any atom is -0.497 e. The van der Waals surface area contributed by atoms with E-state index in [1.54, 1.807) is 7.11 Å². The molecule has 0 saturated carbocycles. The highest BCUT2D eigenvalue weighted by molar-refractivity contribution is 5.79. The average molecular weight is 437 g/mol. The number of nitrogens with zero attached hydrogens (tertiary/aromatic N) is 4. The summed E-state index contributed by atoms with van der Waals surface area (Å²) in [5, 5.41) is 4.13. The van der Waals surface area contributed by atoms with Crippen molar-refractivity contribution in [2.24, 2.45) is 0 Å². The lowest BCUT2D eigenvalue weighted by Gasteiger charge is -2.34. The largest absolute Gasteiger partial charge is 0.497 e. The summed E-state index contributed by atoms with van der Waals surface area (Å²) in [4.78, 5) is 21.4. The molecule has 1 aromatic heterocycles. The Balaban J connectivity index is 1.30. The van der Waals surface area contributed by atoms with Crippen molar-refractivity contribution >= 4 is 5.91 Å². The molecular weight excluding hydrogens is 408 g/mol. The maximum atomic E-state index is 12.7. The van der Waals surface area contributed by atoms with Crippen LogP contribution >= 0.6 is 0 Å². The van der Waals surface area contributed by atoms with Crippen molar-refractivity contribution in [3.05, 3.63) is 60.0 Å². The van der Waals surface area contributed by atoms with E-state index in [0.29, 0.717) is 44.4 Å². The third-order valence-electron chi connectivity index (χ3n) is 5.47. The molecule has 1 aliphatic rings. The smallest absolute Gasteiger partial charge is 0.241 e. The first kappa shape index (κ1) is 21.8. The van der Waals surface area contributed by atoms with E-state index in [9.17, 15) is 4.79 Å². The van der Waals surface area contributed by atoms with Gasteiger partial charge in [-0.15, -0.1) is 0 Å². The fourth-order valence-electron chi connectivity index (χ4n) is 3.78. The minimum absolute atomic E-state index is 0.130. The standard InChI is InChI=1S/C24H28N4O4/c1-3-31-21-10-5-4-9-20(21)24-25-22(32-26-24)17-27-11-13-28(14-12-27)23(29)16-18-7-6-8-19(15-18)30-2/h4-10,15H,3,11-14,16-17H2,1-2H3. The molecule has 2 heterocycles. The number of piperazine rings is 1. The van der Waals surface area contributed by atoms with E-state index in [2.05, 4.69) is 15.0 Å². The quantitative estimate of drug-likeness (QED) is 0.537. The van der Waals surface area contributed by atoms with Gasteiger partial charge in [0.05, 0.1) is 32.2 Å². The van der Waals surface area contributed by atoms with Crippen LogP contribution in [0.2, 0.25) is 0 Å². The van der Waals surface area contributed by atoms with Gasteiger partial charge in [-0.25, -0.2) is 0 Å². The predicted molar refractivity (Wildman–Crippen MR) is 119 cm³/mol. The Morgan fingerprint density at radius 1 is 1.09 bits per heavy atom. The molecule has 1 aliphatic heterocycles. The number of carbonyl (C=O) groups excluding carboxylic acids is 1. The lowest BCUT2D eigenvalue weighted by molar-refractivity contribution is -0.132. The van der Waals surface area contributed by atoms with Gasteiger partial charge in [0, 0.05) is 26.2 Å². The molecule has 2 aromatic carbocycles. The third-order valence-corrected chi connectivity index (χ3v) is 5.47. The van der Waals surface area contributed by atoms with Gasteiger partial charge in [-0.1, -0.05) is 29.4 Å². The zero-order valence-corrected chi connectivity index (χ0v) is 18.5. The number of ether oxygens (including phenoxy) is 2. The first-order chi connectivity index (χ1) is 15.7. The molecule has 32 heavy (non-hydrogen) atoms. The Labute approximate surface area is 187 Å². The normalized spacial score (nSPS) is 14.4. The van der Waals surface area contributed by atoms with E-state index in [4.69, 9.17) is 14.0 Å². The van der Waals surface area contributed by atoms with Crippen molar-refractivity contribution in [1.82, 2.24) is 19.9 Å². The van der Waals surface area contributed by atoms with Gasteiger partial charge in [-0.2, -0.15) is 4.98 Å². The molecule has 0 bridgehead atoms. The van der Waals surface area contributed by atoms with Crippen LogP contribution in [-0.4, -0.2) is 65.7 Å². The lowest BCUT2D eigenvalue weighted by atomic mass is 10.1. The lowest BCUT2D eigenvalue weighted by Crippen LogP contribution is -2.48. The molecule has 0 aliphatic carbocycles. The highest BCUT2D eigenvalue weighted by Gasteiger charge is 2.23. The summed E-state index contributed by atoms with van der Waals surface area (Å²) in [6.45, 7) is 5.95. The van der Waals surface area contributed by atoms with Gasteiger partial charge in [0.2, 0.25) is 17.6 Å². The number of para-hydroxylation sites is 1. The molecule has 8 heteroatoms. The Kier molecular flexibility index (Phi) is 7.01. The first-order valence-corrected chi connectivity index (χ1v) is 10.8. The van der Waals surface area contributed by atoms with Crippen LogP contribution in [0.1, 0.15) is 18.4 Å². The maximum Gasteiger partial charge on any atom is 0.241 e. The number of rotatable bonds is 8. The van der Waals surface area contributed by atoms with Gasteiger partial charge in [0.25, 0.3) is 0 Å². The molecule has 0 N–H and O–H groups in total. The molecule has 3 aromatic rings. The molecule has 168 valence electrons. The Hall–Kier alpha value is -3.39. The van der Waals surface area contributed by atoms with Gasteiger partial charge in [0.1, 0.15) is 11.5 Å². The Morgan fingerprint density at radius 2 is 1.91 bits per heavy atom. The third kappa shape index (κ3) is 5.26. The van der Waals surface area contributed by atoms with Crippen molar-refractivity contribution in [3.63, 3.8) is 0 Å². The molecule has 4 rings (SSSR count). The monoisotopic (exact) mass is 436 g/mol. The van der Waals surface area contributed by atoms with Crippen molar-refractivity contribution in [3.8, 4) is 22.9 Å². The van der Waals surface area contributed by atoms with Crippen LogP contribution in [0.4, 0.5) is 0 Å². The van der Waals surface area contributed by atoms with Crippen LogP contribution in [0.5, 0.6) is 11.5 Å². The van der Waals surface area contributed by atoms with Gasteiger partial charge in [-0.05, 0) is 36.8 Å². The number of aromatic nitrogens is 2. The second kappa shape index (κ2) is 10.3. The molecular formula is C24H28N4O4. The SMILES string of the molecule is CCOc1ccccc1-c1noc(CN2CCN(C(=O)Cc3cccc(OC)c3)CC2)n1. The molecule has 0 spiro atoms. The van der Waals surface area contributed by atoms with Gasteiger partial charge < -0.3 is 18.9 Å². The zero-order chi connectivity index (χ0) is 22.3. The van der Waals surface area contributed by atoms with Gasteiger partial charge in [-0.3, -0.25) is 9.69 Å². The van der Waals surface area contributed by atoms with Crippen LogP contribution in [0.15, 0.2) is 53.1 Å². The molecule has 1 saturated heterocycles. The van der Waals surface area contributed by atoms with Crippen LogP contribution in [0, 0.1) is 0 Å². The molecule has 1 fully saturated rings. The number of amides is 1. The van der Waals surface area contributed by atoms with E-state index in [1.165, 1.54) is 0 Å². The zero-order valence-electron chi connectivity index (χ0n) is 18.5. The highest BCUT2D eigenvalue weighted by Crippen LogP contribution is 2.27. The van der Waals surface area contributed by atoms with Crippen molar-refractivity contribution in [2.75, 3.05) is 39.9 Å². The van der Waals surface area contributed by atoms with Crippen LogP contribution in [0.3, 0.4) is 0 Å². The van der Waals surface area contributed by atoms with E-state index < -0.39 is 0 Å². The highest BCUT2D eigenvalue weighted by atomic mass is 16.5. The molecule has 8 nitrogen and oxygen atoms in total. The fourth-order valence-corrected chi connectivity index (χ4v) is 3.78. The Morgan fingerprint density at radius 3 is 2.69 bits per heavy atom. The van der Waals surface area contributed by atoms with Crippen molar-refractivity contribution < 1.29 is 18.8 Å². The number of methoxy groups -OCH3 is 1. The summed E-state index contributed by atoms with van der Waals surface area (Å²) in [6, 6.07) is 15.3.